The maximum Gasteiger partial charge on any atom is 0.245 e. The minimum atomic E-state index is -0.930. The van der Waals surface area contributed by atoms with Crippen LogP contribution in [0.1, 0.15) is 31.2 Å². The molecule has 9 heteroatoms. The van der Waals surface area contributed by atoms with E-state index in [9.17, 15) is 24.3 Å². The van der Waals surface area contributed by atoms with E-state index in [-0.39, 0.29) is 24.0 Å². The number of hydrogen-bond acceptors (Lipinski definition) is 5. The number of rotatable bonds is 6. The van der Waals surface area contributed by atoms with Crippen molar-refractivity contribution in [3.05, 3.63) is 29.8 Å². The summed E-state index contributed by atoms with van der Waals surface area (Å²) < 4.78 is 0. The van der Waals surface area contributed by atoms with Crippen molar-refractivity contribution in [1.82, 2.24) is 15.5 Å². The highest BCUT2D eigenvalue weighted by Gasteiger charge is 2.40. The van der Waals surface area contributed by atoms with E-state index in [4.69, 9.17) is 5.73 Å². The van der Waals surface area contributed by atoms with Gasteiger partial charge in [-0.25, -0.2) is 0 Å². The minimum absolute atomic E-state index is 0.0996. The third-order valence-electron chi connectivity index (χ3n) is 5.17. The molecule has 3 atom stereocenters. The Bertz CT molecular complexity index is 779. The molecule has 0 aromatic heterocycles. The Labute approximate surface area is 162 Å². The van der Waals surface area contributed by atoms with E-state index in [0.29, 0.717) is 32.2 Å². The molecule has 0 bridgehead atoms. The first-order valence-corrected chi connectivity index (χ1v) is 9.32. The Morgan fingerprint density at radius 2 is 1.96 bits per heavy atom. The number of phenols is 1. The summed E-state index contributed by atoms with van der Waals surface area (Å²) in [5.74, 6) is -1.44. The molecule has 28 heavy (non-hydrogen) atoms. The van der Waals surface area contributed by atoms with Crippen molar-refractivity contribution in [2.24, 2.45) is 5.73 Å². The summed E-state index contributed by atoms with van der Waals surface area (Å²) in [6, 6.07) is 4.06. The second-order valence-corrected chi connectivity index (χ2v) is 7.18. The molecule has 0 radical (unpaired) electrons. The average molecular weight is 388 g/mol. The number of nitrogens with one attached hydrogen (secondary N) is 2. The van der Waals surface area contributed by atoms with Gasteiger partial charge in [0.25, 0.3) is 0 Å². The lowest BCUT2D eigenvalue weighted by Crippen LogP contribution is -2.55. The van der Waals surface area contributed by atoms with E-state index >= 15 is 0 Å². The Morgan fingerprint density at radius 3 is 2.57 bits per heavy atom. The average Bonchev–Trinajstić information content (AvgIpc) is 3.31. The molecule has 150 valence electrons. The molecular weight excluding hydrogens is 364 g/mol. The predicted molar refractivity (Wildman–Crippen MR) is 98.8 cm³/mol. The van der Waals surface area contributed by atoms with E-state index in [0.717, 1.165) is 5.56 Å². The molecule has 0 saturated carbocycles. The molecule has 1 aromatic carbocycles. The van der Waals surface area contributed by atoms with Crippen LogP contribution in [0.3, 0.4) is 0 Å². The summed E-state index contributed by atoms with van der Waals surface area (Å²) in [5.41, 5.74) is 6.17. The molecule has 2 aliphatic heterocycles. The zero-order valence-corrected chi connectivity index (χ0v) is 15.4. The number of carbonyl (C=O) groups is 4. The third-order valence-corrected chi connectivity index (χ3v) is 5.17. The zero-order chi connectivity index (χ0) is 20.3. The molecule has 9 nitrogen and oxygen atoms in total. The molecule has 5 N–H and O–H groups in total. The Hall–Kier alpha value is -3.10. The van der Waals surface area contributed by atoms with Gasteiger partial charge in [0, 0.05) is 19.4 Å². The van der Waals surface area contributed by atoms with Crippen LogP contribution >= 0.6 is 0 Å². The molecule has 3 unspecified atom stereocenters. The van der Waals surface area contributed by atoms with Crippen molar-refractivity contribution >= 4 is 23.6 Å². The van der Waals surface area contributed by atoms with Gasteiger partial charge in [0.1, 0.15) is 23.9 Å². The summed E-state index contributed by atoms with van der Waals surface area (Å²) in [4.78, 5) is 50.1. The quantitative estimate of drug-likeness (QED) is 0.503. The number of nitrogens with two attached hydrogens (primary N) is 1. The molecule has 2 heterocycles. The molecule has 0 aliphatic carbocycles. The summed E-state index contributed by atoms with van der Waals surface area (Å²) in [7, 11) is 0. The van der Waals surface area contributed by atoms with Gasteiger partial charge in [-0.15, -0.1) is 0 Å². The molecule has 1 aromatic rings. The summed E-state index contributed by atoms with van der Waals surface area (Å²) in [6.07, 6.45) is 2.07. The molecule has 0 spiro atoms. The maximum absolute atomic E-state index is 12.8. The van der Waals surface area contributed by atoms with Crippen LogP contribution in [0.15, 0.2) is 24.3 Å². The van der Waals surface area contributed by atoms with E-state index in [2.05, 4.69) is 10.6 Å². The molecule has 4 amide bonds. The standard InChI is InChI=1S/C19H24N4O5/c20-17(26)14(10-11-3-5-12(24)6-4-11)22-18(27)15-2-1-9-23(15)19(28)13-7-8-16(25)21-13/h3-6,13-15,24H,1-2,7-10H2,(H2,20,26)(H,21,25)(H,22,27). The summed E-state index contributed by atoms with van der Waals surface area (Å²) >= 11 is 0. The van der Waals surface area contributed by atoms with Crippen LogP contribution < -0.4 is 16.4 Å². The van der Waals surface area contributed by atoms with Crippen molar-refractivity contribution in [1.29, 1.82) is 0 Å². The first kappa shape index (κ1) is 19.7. The van der Waals surface area contributed by atoms with Crippen LogP contribution in [0.25, 0.3) is 0 Å². The number of likely N-dealkylation sites (tertiary alicyclic amines) is 1. The number of benzene rings is 1. The van der Waals surface area contributed by atoms with Crippen LogP contribution in [-0.2, 0) is 25.6 Å². The number of hydrogen-bond donors (Lipinski definition) is 4. The number of nitrogens with zero attached hydrogens (tertiary/aromatic N) is 1. The van der Waals surface area contributed by atoms with Crippen LogP contribution in [0.5, 0.6) is 5.75 Å². The second-order valence-electron chi connectivity index (χ2n) is 7.18. The normalized spacial score (nSPS) is 22.6. The van der Waals surface area contributed by atoms with Crippen LogP contribution in [0.2, 0.25) is 0 Å². The molecule has 2 aliphatic rings. The SMILES string of the molecule is NC(=O)C(Cc1ccc(O)cc1)NC(=O)C1CCCN1C(=O)C1CCC(=O)N1. The van der Waals surface area contributed by atoms with Gasteiger partial charge in [0.05, 0.1) is 0 Å². The van der Waals surface area contributed by atoms with Gasteiger partial charge in [0.15, 0.2) is 0 Å². The topological polar surface area (TPSA) is 142 Å². The van der Waals surface area contributed by atoms with Crippen molar-refractivity contribution in [2.75, 3.05) is 6.54 Å². The number of amides is 4. The van der Waals surface area contributed by atoms with Gasteiger partial charge in [-0.3, -0.25) is 19.2 Å². The number of carbonyl (C=O) groups excluding carboxylic acids is 4. The Balaban J connectivity index is 1.65. The van der Waals surface area contributed by atoms with Gasteiger partial charge in [0.2, 0.25) is 23.6 Å². The molecular formula is C19H24N4O5. The zero-order valence-electron chi connectivity index (χ0n) is 15.4. The van der Waals surface area contributed by atoms with Crippen LogP contribution in [-0.4, -0.2) is 58.3 Å². The number of primary amides is 1. The smallest absolute Gasteiger partial charge is 0.245 e. The van der Waals surface area contributed by atoms with E-state index in [1.54, 1.807) is 12.1 Å². The highest BCUT2D eigenvalue weighted by atomic mass is 16.3. The van der Waals surface area contributed by atoms with Crippen molar-refractivity contribution in [3.8, 4) is 5.75 Å². The second kappa shape index (κ2) is 8.28. The highest BCUT2D eigenvalue weighted by Crippen LogP contribution is 2.21. The van der Waals surface area contributed by atoms with Crippen molar-refractivity contribution in [2.45, 2.75) is 50.2 Å². The van der Waals surface area contributed by atoms with E-state index in [1.165, 1.54) is 17.0 Å². The largest absolute Gasteiger partial charge is 0.508 e. The summed E-state index contributed by atoms with van der Waals surface area (Å²) in [6.45, 7) is 0.433. The Morgan fingerprint density at radius 1 is 1.25 bits per heavy atom. The monoisotopic (exact) mass is 388 g/mol. The van der Waals surface area contributed by atoms with Crippen molar-refractivity contribution in [3.63, 3.8) is 0 Å². The van der Waals surface area contributed by atoms with Crippen LogP contribution in [0.4, 0.5) is 0 Å². The van der Waals surface area contributed by atoms with Gasteiger partial charge in [-0.1, -0.05) is 12.1 Å². The lowest BCUT2D eigenvalue weighted by atomic mass is 10.0. The van der Waals surface area contributed by atoms with Crippen LogP contribution in [0, 0.1) is 0 Å². The Kier molecular flexibility index (Phi) is 5.81. The minimum Gasteiger partial charge on any atom is -0.508 e. The van der Waals surface area contributed by atoms with Gasteiger partial charge >= 0.3 is 0 Å². The first-order chi connectivity index (χ1) is 13.3. The van der Waals surface area contributed by atoms with Crippen molar-refractivity contribution < 1.29 is 24.3 Å². The van der Waals surface area contributed by atoms with E-state index in [1.807, 2.05) is 0 Å². The van der Waals surface area contributed by atoms with Gasteiger partial charge in [-0.05, 0) is 37.0 Å². The number of phenolic OH excluding ortho intramolecular Hbond substituents is 1. The lowest BCUT2D eigenvalue weighted by molar-refractivity contribution is -0.141. The first-order valence-electron chi connectivity index (χ1n) is 9.32. The third kappa shape index (κ3) is 4.41. The highest BCUT2D eigenvalue weighted by molar-refractivity contribution is 5.95. The molecule has 3 rings (SSSR count). The predicted octanol–water partition coefficient (Wildman–Crippen LogP) is -0.826. The number of aromatic hydroxyl groups is 1. The lowest BCUT2D eigenvalue weighted by Gasteiger charge is -2.27. The van der Waals surface area contributed by atoms with E-state index < -0.39 is 29.9 Å². The fourth-order valence-corrected chi connectivity index (χ4v) is 3.66. The fourth-order valence-electron chi connectivity index (χ4n) is 3.66. The fraction of sp³-hybridized carbons (Fsp3) is 0.474. The van der Waals surface area contributed by atoms with Gasteiger partial charge in [-0.2, -0.15) is 0 Å². The maximum atomic E-state index is 12.8. The molecule has 2 fully saturated rings. The summed E-state index contributed by atoms with van der Waals surface area (Å²) in [5, 5.41) is 14.6. The molecule has 2 saturated heterocycles. The van der Waals surface area contributed by atoms with Gasteiger partial charge < -0.3 is 26.4 Å².